The molecule has 1 spiro atoms. The lowest BCUT2D eigenvalue weighted by atomic mass is 9.93. The second-order valence-corrected chi connectivity index (χ2v) is 37.2. The minimum atomic E-state index is -2.12. The normalized spacial score (nSPS) is 24.8. The third-order valence-electron chi connectivity index (χ3n) is 26.9. The molecule has 0 bridgehead atoms. The molecule has 6 heterocycles. The van der Waals surface area contributed by atoms with Gasteiger partial charge in [-0.15, -0.1) is 11.8 Å². The van der Waals surface area contributed by atoms with Crippen molar-refractivity contribution < 1.29 is 180 Å². The Morgan fingerprint density at radius 3 is 1.72 bits per heavy atom. The van der Waals surface area contributed by atoms with Gasteiger partial charge in [0, 0.05) is 74.5 Å². The van der Waals surface area contributed by atoms with Crippen LogP contribution in [0.5, 0.6) is 28.7 Å². The first kappa shape index (κ1) is 109. The number of ether oxygens (including phenoxy) is 15. The minimum Gasteiger partial charge on any atom is -0.493 e. The summed E-state index contributed by atoms with van der Waals surface area (Å²) in [7, 11) is 2.67. The Balaban J connectivity index is 0.632. The van der Waals surface area contributed by atoms with Gasteiger partial charge in [-0.25, -0.2) is 33.8 Å². The van der Waals surface area contributed by atoms with Gasteiger partial charge in [0.25, 0.3) is 11.8 Å². The molecule has 9 amide bonds. The summed E-state index contributed by atoms with van der Waals surface area (Å²) in [4.78, 5) is 167. The highest BCUT2D eigenvalue weighted by Crippen LogP contribution is 2.58. The molecule has 48 heteroatoms. The fourth-order valence-electron chi connectivity index (χ4n) is 18.8. The molecule has 5 aromatic rings. The number of hydrogen-bond donors (Lipinski definition) is 15. The van der Waals surface area contributed by atoms with Crippen LogP contribution in [0, 0.1) is 51.0 Å². The van der Waals surface area contributed by atoms with Gasteiger partial charge in [0.15, 0.2) is 59.7 Å². The van der Waals surface area contributed by atoms with Gasteiger partial charge in [0.2, 0.25) is 29.9 Å². The van der Waals surface area contributed by atoms with Gasteiger partial charge in [0.1, 0.15) is 61.9 Å². The summed E-state index contributed by atoms with van der Waals surface area (Å²) >= 11 is 0. The molecule has 3 saturated heterocycles. The van der Waals surface area contributed by atoms with Crippen molar-refractivity contribution in [1.82, 2.24) is 25.8 Å². The Morgan fingerprint density at radius 1 is 0.582 bits per heavy atom. The number of methoxy groups -OCH3 is 2. The van der Waals surface area contributed by atoms with Crippen molar-refractivity contribution >= 4 is 94.1 Å². The predicted octanol–water partition coefficient (Wildman–Crippen LogP) is 3.08. The number of nitro benzene ring substituents is 1. The maximum absolute atomic E-state index is 15.2. The first-order valence-electron chi connectivity index (χ1n) is 48.1. The number of aliphatic hydroxyl groups excluding tert-OH is 8. The molecule has 0 aromatic heterocycles. The molecule has 5 aromatic carbocycles. The monoisotopic (exact) mass is 2050 g/mol. The Morgan fingerprint density at radius 2 is 1.14 bits per heavy atom. The smallest absolute Gasteiger partial charge is 0.416 e. The number of amides is 9. The van der Waals surface area contributed by atoms with Crippen LogP contribution < -0.4 is 60.1 Å². The van der Waals surface area contributed by atoms with Gasteiger partial charge in [0.05, 0.1) is 139 Å². The molecule has 48 nitrogen and oxygen atoms in total. The number of hydrogen-bond acceptors (Lipinski definition) is 36. The summed E-state index contributed by atoms with van der Waals surface area (Å²) in [6, 6.07) is 14.7. The number of aliphatic hydroxyl groups is 8. The number of carbonyl (C=O) groups is 11. The summed E-state index contributed by atoms with van der Waals surface area (Å²) in [6.07, 6.45) is -20.9. The highest BCUT2D eigenvalue weighted by molar-refractivity contribution is 6.08. The standard InChI is InChI=1S/C98H122N10O38/c1-51(2)76(100-52(3)109)86(118)103-64(49-140-93-81(115)77(111)79(113)83(145-93)91(123)124)85(117)101-57-21-20-56(63(39-57)102-75(110)23-29-134-31-33-136-35-36-137-34-32-135-30-26-99-95(127)141-48-62-58-17-9-6-7-10-18-59(58)62)47-143-97(129)107-66-43-74(72(133-5)41-61(66)88(120)105-50-98(24-25-98)44-69(105)90(107)122)139-28-14-8-13-27-138-73-42-65-60(40-71(73)132-4)87(119)104-45-55-16-12-11-15-54(55)38-68(104)89(121)106(65)96(128)142-46-53-19-22-70(67(37-53)108(130)131)144-94-82(116)78(112)80(114)84(146-94)92(125)126/h11-12,15-16,19-22,37,39-43,51,58-59,62,64,68-69,76-84,89-90,93-94,111-116,121-122H,8-10,13-14,17-18,23-36,38,44-50H2,1-5H3,(H,99,127)(H,100,109)(H,101,117)(H,102,110)(H,103,118)(H,123,124)(H,125,126)/t58-,59+,62?,64-,68-,69-,76-,77-,78-,79-,80-,81+,82+,83-,84-,89-,90-,93+,94+/m0/s1. The molecule has 19 atom stereocenters. The Bertz CT molecular complexity index is 5600. The number of alkyl carbamates (subject to hydrolysis) is 1. The van der Waals surface area contributed by atoms with E-state index in [1.807, 2.05) is 12.1 Å². The van der Waals surface area contributed by atoms with Crippen LogP contribution in [-0.2, 0) is 102 Å². The van der Waals surface area contributed by atoms with Crippen molar-refractivity contribution in [2.75, 3.05) is 127 Å². The van der Waals surface area contributed by atoms with Crippen LogP contribution in [-0.4, -0.2) is 336 Å². The van der Waals surface area contributed by atoms with Crippen LogP contribution in [0.2, 0.25) is 0 Å². The molecule has 0 radical (unpaired) electrons. The lowest BCUT2D eigenvalue weighted by molar-refractivity contribution is -0.387. The number of unbranched alkanes of at least 4 members (excludes halogenated alkanes) is 2. The number of aliphatic carboxylic acids is 2. The Labute approximate surface area is 836 Å². The largest absolute Gasteiger partial charge is 0.493 e. The highest BCUT2D eigenvalue weighted by Gasteiger charge is 2.59. The van der Waals surface area contributed by atoms with Crippen molar-refractivity contribution in [2.45, 2.75) is 216 Å². The SMILES string of the molecule is COc1cc2c(cc1OCCCCCOc1cc3c(cc1OC)C(=O)N1CC4(CC4)C[C@H]1[C@H](O)N3C(=O)OCc1ccc(NC(=O)[C@H](CO[C@@H]3O[C@H](C(=O)O)[C@@H](O)[C@H](O)[C@H]3O)NC(=O)[C@@H](NC(C)=O)C(C)C)cc1NC(=O)CCOCCOCCOCCOCCNC(=O)OCC1[C@H]3CCC#CCC[C@@H]13)N(C(=O)OCc1ccc(O[C@@H]3O[C@H](C(=O)O)[C@@H](O)[C@H](O)[C@H]3O)c([N+](=O)[O-])c1)[C@@H](O)[C@@H]1Cc3ccccc3CN1C2=O. The zero-order valence-electron chi connectivity index (χ0n) is 80.8. The number of benzene rings is 5. The van der Waals surface area contributed by atoms with Crippen molar-refractivity contribution in [1.29, 1.82) is 0 Å². The Kier molecular flexibility index (Phi) is 36.9. The van der Waals surface area contributed by atoms with E-state index in [0.29, 0.717) is 50.0 Å². The Hall–Kier alpha value is -13.0. The maximum atomic E-state index is 15.2. The van der Waals surface area contributed by atoms with E-state index in [9.17, 15) is 109 Å². The van der Waals surface area contributed by atoms with E-state index < -0.39 is 206 Å². The van der Waals surface area contributed by atoms with Gasteiger partial charge in [-0.2, -0.15) is 0 Å². The van der Waals surface area contributed by atoms with Crippen LogP contribution in [0.3, 0.4) is 0 Å². The van der Waals surface area contributed by atoms with E-state index in [2.05, 4.69) is 38.4 Å². The lowest BCUT2D eigenvalue weighted by Crippen LogP contribution is -2.61. The number of carboxylic acid groups (broad SMARTS) is 2. The average molecular weight is 2050 g/mol. The van der Waals surface area contributed by atoms with Crippen molar-refractivity contribution in [3.8, 4) is 40.6 Å². The predicted molar refractivity (Wildman–Crippen MR) is 503 cm³/mol. The van der Waals surface area contributed by atoms with Gasteiger partial charge >= 0.3 is 35.9 Å². The summed E-state index contributed by atoms with van der Waals surface area (Å²) in [5.41, 5.74) is -0.202. The topological polar surface area (TPSA) is 645 Å². The average Bonchev–Trinajstić information content (AvgIpc) is 1.56. The summed E-state index contributed by atoms with van der Waals surface area (Å²) in [6.45, 7) is 4.06. The molecule has 9 aliphatic rings. The van der Waals surface area contributed by atoms with Gasteiger partial charge in [-0.3, -0.25) is 38.9 Å². The van der Waals surface area contributed by atoms with E-state index in [1.165, 1.54) is 72.6 Å². The lowest BCUT2D eigenvalue weighted by Gasteiger charge is -2.39. The maximum Gasteiger partial charge on any atom is 0.416 e. The highest BCUT2D eigenvalue weighted by atomic mass is 16.7. The summed E-state index contributed by atoms with van der Waals surface area (Å²) < 4.78 is 85.8. The molecule has 1 unspecified atom stereocenters. The van der Waals surface area contributed by atoms with Crippen LogP contribution in [0.25, 0.3) is 0 Å². The summed E-state index contributed by atoms with van der Waals surface area (Å²) in [5.74, 6) is -1.02. The van der Waals surface area contributed by atoms with Crippen molar-refractivity contribution in [3.05, 3.63) is 128 Å². The second kappa shape index (κ2) is 49.5. The first-order valence-corrected chi connectivity index (χ1v) is 48.1. The molecular weight excluding hydrogens is 1930 g/mol. The van der Waals surface area contributed by atoms with Crippen LogP contribution in [0.4, 0.5) is 42.8 Å². The second-order valence-electron chi connectivity index (χ2n) is 37.2. The molecule has 3 aliphatic carbocycles. The summed E-state index contributed by atoms with van der Waals surface area (Å²) in [5, 5.41) is 133. The molecule has 2 saturated carbocycles. The zero-order chi connectivity index (χ0) is 104. The number of carbonyl (C=O) groups excluding carboxylic acids is 9. The molecular formula is C98H122N10O38. The zero-order valence-corrected chi connectivity index (χ0v) is 80.8. The molecule has 6 aliphatic heterocycles. The van der Waals surface area contributed by atoms with E-state index in [1.54, 1.807) is 26.0 Å². The number of nitrogens with one attached hydrogen (secondary N) is 5. The number of nitrogens with zero attached hydrogens (tertiary/aromatic N) is 5. The number of nitro groups is 1. The van der Waals surface area contributed by atoms with E-state index in [0.717, 1.165) is 78.5 Å². The van der Waals surface area contributed by atoms with Gasteiger partial charge in [-0.05, 0) is 134 Å². The van der Waals surface area contributed by atoms with E-state index in [4.69, 9.17) is 71.1 Å². The molecule has 146 heavy (non-hydrogen) atoms. The molecule has 14 rings (SSSR count). The van der Waals surface area contributed by atoms with Gasteiger partial charge in [-0.1, -0.05) is 50.2 Å². The molecule has 5 fully saturated rings. The van der Waals surface area contributed by atoms with E-state index in [-0.39, 0.29) is 172 Å². The van der Waals surface area contributed by atoms with Gasteiger partial charge < -0.3 is 159 Å². The number of fused-ring (bicyclic) bond motifs is 6. The number of carboxylic acids is 2. The van der Waals surface area contributed by atoms with Crippen molar-refractivity contribution in [2.24, 2.45) is 29.1 Å². The fourth-order valence-corrected chi connectivity index (χ4v) is 18.8. The molecule has 15 N–H and O–H groups in total. The number of rotatable bonds is 46. The minimum absolute atomic E-state index is 0.0110. The quantitative estimate of drug-likeness (QED) is 0.00875. The molecule has 792 valence electrons. The fraction of sp³-hybridized carbons (Fsp3) is 0.561. The van der Waals surface area contributed by atoms with Crippen LogP contribution in [0.1, 0.15) is 134 Å². The van der Waals surface area contributed by atoms with Crippen LogP contribution in [0.15, 0.2) is 84.9 Å². The van der Waals surface area contributed by atoms with E-state index >= 15 is 4.79 Å². The first-order chi connectivity index (χ1) is 70.1. The number of anilines is 4. The van der Waals surface area contributed by atoms with Crippen LogP contribution >= 0.6 is 0 Å². The third-order valence-corrected chi connectivity index (χ3v) is 26.9. The van der Waals surface area contributed by atoms with Crippen molar-refractivity contribution in [3.63, 3.8) is 0 Å². The third kappa shape index (κ3) is 26.3.